The van der Waals surface area contributed by atoms with Crippen molar-refractivity contribution in [2.45, 2.75) is 31.7 Å². The number of hydrogen-bond donors (Lipinski definition) is 3. The molecule has 102 valence electrons. The number of carbonyl (C=O) groups is 2. The van der Waals surface area contributed by atoms with Crippen LogP contribution in [-0.4, -0.2) is 22.6 Å². The number of rotatable bonds is 3. The fourth-order valence-corrected chi connectivity index (χ4v) is 2.03. The molecule has 0 heterocycles. The van der Waals surface area contributed by atoms with Gasteiger partial charge in [0.15, 0.2) is 0 Å². The van der Waals surface area contributed by atoms with Gasteiger partial charge in [0.05, 0.1) is 5.69 Å². The van der Waals surface area contributed by atoms with E-state index in [2.05, 4.69) is 10.6 Å². The van der Waals surface area contributed by atoms with Gasteiger partial charge in [0, 0.05) is 0 Å². The van der Waals surface area contributed by atoms with Crippen LogP contribution < -0.4 is 10.6 Å². The van der Waals surface area contributed by atoms with Crippen molar-refractivity contribution in [2.24, 2.45) is 0 Å². The number of urea groups is 1. The van der Waals surface area contributed by atoms with E-state index in [9.17, 15) is 14.0 Å². The molecule has 6 heteroatoms. The van der Waals surface area contributed by atoms with Crippen molar-refractivity contribution in [2.75, 3.05) is 5.32 Å². The van der Waals surface area contributed by atoms with Crippen LogP contribution in [0.3, 0.4) is 0 Å². The second-order valence-electron chi connectivity index (χ2n) is 4.80. The van der Waals surface area contributed by atoms with Crippen LogP contribution in [0.4, 0.5) is 14.9 Å². The highest BCUT2D eigenvalue weighted by molar-refractivity contribution is 5.94. The van der Waals surface area contributed by atoms with Crippen molar-refractivity contribution in [1.29, 1.82) is 0 Å². The third-order valence-electron chi connectivity index (χ3n) is 3.34. The maximum absolute atomic E-state index is 13.5. The zero-order valence-electron chi connectivity index (χ0n) is 10.5. The second kappa shape index (κ2) is 4.87. The first-order valence-electron chi connectivity index (χ1n) is 6.02. The fourth-order valence-electron chi connectivity index (χ4n) is 2.03. The van der Waals surface area contributed by atoms with E-state index in [1.165, 1.54) is 12.1 Å². The van der Waals surface area contributed by atoms with E-state index in [1.807, 2.05) is 0 Å². The molecule has 0 atom stereocenters. The molecule has 0 unspecified atom stereocenters. The molecular weight excluding hydrogens is 251 g/mol. The Morgan fingerprint density at radius 2 is 2.05 bits per heavy atom. The summed E-state index contributed by atoms with van der Waals surface area (Å²) in [5, 5.41) is 13.8. The largest absolute Gasteiger partial charge is 0.480 e. The summed E-state index contributed by atoms with van der Waals surface area (Å²) in [7, 11) is 0. The number of nitrogens with one attached hydrogen (secondary N) is 2. The highest BCUT2D eigenvalue weighted by atomic mass is 19.1. The molecule has 1 fully saturated rings. The van der Waals surface area contributed by atoms with Gasteiger partial charge in [-0.15, -0.1) is 0 Å². The van der Waals surface area contributed by atoms with Crippen molar-refractivity contribution in [1.82, 2.24) is 5.32 Å². The van der Waals surface area contributed by atoms with Crippen molar-refractivity contribution < 1.29 is 19.1 Å². The van der Waals surface area contributed by atoms with E-state index >= 15 is 0 Å². The van der Waals surface area contributed by atoms with Gasteiger partial charge < -0.3 is 15.7 Å². The molecule has 2 amide bonds. The van der Waals surface area contributed by atoms with Crippen LogP contribution in [0.15, 0.2) is 18.2 Å². The molecule has 0 radical (unpaired) electrons. The maximum atomic E-state index is 13.5. The fraction of sp³-hybridized carbons (Fsp3) is 0.385. The first-order valence-corrected chi connectivity index (χ1v) is 6.02. The minimum atomic E-state index is -1.20. The first-order chi connectivity index (χ1) is 8.93. The number of carboxylic acid groups (broad SMARTS) is 1. The minimum Gasteiger partial charge on any atom is -0.480 e. The molecular formula is C13H15FN2O3. The number of carbonyl (C=O) groups excluding carboxylic acids is 1. The van der Waals surface area contributed by atoms with E-state index in [-0.39, 0.29) is 5.69 Å². The molecule has 0 spiro atoms. The normalized spacial score (nSPS) is 16.3. The smallest absolute Gasteiger partial charge is 0.329 e. The number of benzene rings is 1. The summed E-state index contributed by atoms with van der Waals surface area (Å²) in [5.74, 6) is -1.61. The zero-order chi connectivity index (χ0) is 14.0. The van der Waals surface area contributed by atoms with Gasteiger partial charge in [-0.2, -0.15) is 0 Å². The number of hydrogen-bond acceptors (Lipinski definition) is 2. The molecule has 1 aromatic rings. The van der Waals surface area contributed by atoms with Gasteiger partial charge in [0.1, 0.15) is 11.4 Å². The molecule has 1 aliphatic rings. The predicted molar refractivity (Wildman–Crippen MR) is 67.5 cm³/mol. The van der Waals surface area contributed by atoms with Gasteiger partial charge in [0.25, 0.3) is 0 Å². The number of aliphatic carboxylic acids is 1. The predicted octanol–water partition coefficient (Wildman–Crippen LogP) is 2.26. The Hall–Kier alpha value is -2.11. The maximum Gasteiger partial charge on any atom is 0.329 e. The lowest BCUT2D eigenvalue weighted by Gasteiger charge is -2.38. The summed E-state index contributed by atoms with van der Waals surface area (Å²) in [6, 6.07) is 3.62. The molecule has 1 aliphatic carbocycles. The molecule has 0 bridgehead atoms. The van der Waals surface area contributed by atoms with E-state index in [4.69, 9.17) is 5.11 Å². The summed E-state index contributed by atoms with van der Waals surface area (Å²) in [4.78, 5) is 22.8. The highest BCUT2D eigenvalue weighted by Gasteiger charge is 2.45. The third kappa shape index (κ3) is 2.67. The zero-order valence-corrected chi connectivity index (χ0v) is 10.5. The van der Waals surface area contributed by atoms with Gasteiger partial charge in [-0.1, -0.05) is 6.07 Å². The Balaban J connectivity index is 2.05. The van der Waals surface area contributed by atoms with E-state index in [0.29, 0.717) is 12.8 Å². The van der Waals surface area contributed by atoms with Gasteiger partial charge in [0.2, 0.25) is 0 Å². The Morgan fingerprint density at radius 3 is 2.58 bits per heavy atom. The van der Waals surface area contributed by atoms with Crippen molar-refractivity contribution in [3.63, 3.8) is 0 Å². The SMILES string of the molecule is Cc1ccc(F)c(NC(=O)NC2(C(=O)O)CCC2)c1. The summed E-state index contributed by atoms with van der Waals surface area (Å²) in [5.41, 5.74) is -0.365. The van der Waals surface area contributed by atoms with Crippen LogP contribution in [-0.2, 0) is 4.79 Å². The van der Waals surface area contributed by atoms with Gasteiger partial charge in [-0.05, 0) is 43.9 Å². The standard InChI is InChI=1S/C13H15FN2O3/c1-8-3-4-9(14)10(7-8)15-12(19)16-13(11(17)18)5-2-6-13/h3-4,7H,2,5-6H2,1H3,(H,17,18)(H2,15,16,19). The molecule has 1 aromatic carbocycles. The minimum absolute atomic E-state index is 0.0392. The Labute approximate surface area is 109 Å². The molecule has 0 aromatic heterocycles. The van der Waals surface area contributed by atoms with Crippen LogP contribution >= 0.6 is 0 Å². The number of anilines is 1. The molecule has 0 aliphatic heterocycles. The molecule has 1 saturated carbocycles. The first kappa shape index (κ1) is 13.3. The summed E-state index contributed by atoms with van der Waals surface area (Å²) < 4.78 is 13.5. The second-order valence-corrected chi connectivity index (χ2v) is 4.80. The molecule has 0 saturated heterocycles. The highest BCUT2D eigenvalue weighted by Crippen LogP contribution is 2.32. The van der Waals surface area contributed by atoms with Crippen LogP contribution in [0.2, 0.25) is 0 Å². The van der Waals surface area contributed by atoms with Crippen molar-refractivity contribution in [3.8, 4) is 0 Å². The Bertz CT molecular complexity index is 527. The topological polar surface area (TPSA) is 78.4 Å². The number of halogens is 1. The van der Waals surface area contributed by atoms with Gasteiger partial charge >= 0.3 is 12.0 Å². The summed E-state index contributed by atoms with van der Waals surface area (Å²) in [6.45, 7) is 1.77. The summed E-state index contributed by atoms with van der Waals surface area (Å²) >= 11 is 0. The average molecular weight is 266 g/mol. The lowest BCUT2D eigenvalue weighted by atomic mass is 9.77. The third-order valence-corrected chi connectivity index (χ3v) is 3.34. The molecule has 5 nitrogen and oxygen atoms in total. The number of carboxylic acids is 1. The van der Waals surface area contributed by atoms with Crippen molar-refractivity contribution in [3.05, 3.63) is 29.6 Å². The van der Waals surface area contributed by atoms with E-state index in [0.717, 1.165) is 12.0 Å². The Kier molecular flexibility index (Phi) is 3.42. The molecule has 2 rings (SSSR count). The van der Waals surface area contributed by atoms with E-state index < -0.39 is 23.4 Å². The lowest BCUT2D eigenvalue weighted by molar-refractivity contribution is -0.148. The quantitative estimate of drug-likeness (QED) is 0.785. The van der Waals surface area contributed by atoms with Crippen LogP contribution in [0.1, 0.15) is 24.8 Å². The Morgan fingerprint density at radius 1 is 1.37 bits per heavy atom. The van der Waals surface area contributed by atoms with Crippen LogP contribution in [0, 0.1) is 12.7 Å². The molecule has 19 heavy (non-hydrogen) atoms. The van der Waals surface area contributed by atoms with Crippen LogP contribution in [0.25, 0.3) is 0 Å². The van der Waals surface area contributed by atoms with Crippen molar-refractivity contribution >= 4 is 17.7 Å². The molecule has 3 N–H and O–H groups in total. The number of aryl methyl sites for hydroxylation is 1. The summed E-state index contributed by atoms with van der Waals surface area (Å²) in [6.07, 6.45) is 1.55. The number of amides is 2. The average Bonchev–Trinajstić information content (AvgIpc) is 2.28. The van der Waals surface area contributed by atoms with Crippen LogP contribution in [0.5, 0.6) is 0 Å². The lowest BCUT2D eigenvalue weighted by Crippen LogP contribution is -2.60. The van der Waals surface area contributed by atoms with Gasteiger partial charge in [-0.3, -0.25) is 0 Å². The monoisotopic (exact) mass is 266 g/mol. The van der Waals surface area contributed by atoms with Gasteiger partial charge in [-0.25, -0.2) is 14.0 Å². The van der Waals surface area contributed by atoms with E-state index in [1.54, 1.807) is 13.0 Å².